The molecule has 0 rings (SSSR count). The van der Waals surface area contributed by atoms with Gasteiger partial charge in [0, 0.05) is 0 Å². The fourth-order valence-electron chi connectivity index (χ4n) is 1.33. The van der Waals surface area contributed by atoms with Gasteiger partial charge in [-0.3, -0.25) is 0 Å². The Balaban J connectivity index is 4.30. The van der Waals surface area contributed by atoms with Crippen LogP contribution in [0.1, 0.15) is 26.2 Å². The molecular formula is C11H26N2Si. The molecule has 0 saturated heterocycles. The van der Waals surface area contributed by atoms with Crippen molar-refractivity contribution in [3.63, 3.8) is 0 Å². The van der Waals surface area contributed by atoms with Crippen molar-refractivity contribution in [1.29, 1.82) is 0 Å². The van der Waals surface area contributed by atoms with Crippen LogP contribution in [0, 0.1) is 0 Å². The van der Waals surface area contributed by atoms with Crippen molar-refractivity contribution >= 4 is 8.40 Å². The quantitative estimate of drug-likeness (QED) is 0.495. The van der Waals surface area contributed by atoms with Crippen LogP contribution >= 0.6 is 0 Å². The molecule has 0 aliphatic rings. The van der Waals surface area contributed by atoms with Gasteiger partial charge in [-0.2, -0.15) is 0 Å². The van der Waals surface area contributed by atoms with E-state index >= 15 is 0 Å². The molecule has 0 aliphatic carbocycles. The molecule has 2 nitrogen and oxygen atoms in total. The second kappa shape index (κ2) is 6.38. The Kier molecular flexibility index (Phi) is 6.32. The number of rotatable bonds is 6. The Morgan fingerprint density at radius 3 is 1.93 bits per heavy atom. The van der Waals surface area contributed by atoms with Gasteiger partial charge in [-0.1, -0.05) is 31.5 Å². The number of allylic oxidation sites excluding steroid dienone is 1. The summed E-state index contributed by atoms with van der Waals surface area (Å²) in [6.07, 6.45) is 6.17. The predicted octanol–water partition coefficient (Wildman–Crippen LogP) is 2.47. The maximum absolute atomic E-state index is 2.43. The first-order chi connectivity index (χ1) is 6.45. The second-order valence-corrected chi connectivity index (χ2v) is 8.74. The Morgan fingerprint density at radius 2 is 1.57 bits per heavy atom. The maximum Gasteiger partial charge on any atom is 0.228 e. The van der Waals surface area contributed by atoms with E-state index in [4.69, 9.17) is 0 Å². The molecule has 0 amide bonds. The molecule has 0 radical (unpaired) electrons. The molecule has 14 heavy (non-hydrogen) atoms. The molecule has 0 aliphatic heterocycles. The fourth-order valence-corrected chi connectivity index (χ4v) is 3.34. The minimum Gasteiger partial charge on any atom is -0.314 e. The van der Waals surface area contributed by atoms with E-state index < -0.39 is 8.40 Å². The number of hydrogen-bond acceptors (Lipinski definition) is 2. The highest BCUT2D eigenvalue weighted by atomic mass is 28.3. The summed E-state index contributed by atoms with van der Waals surface area (Å²) in [7, 11) is 7.24. The van der Waals surface area contributed by atoms with Gasteiger partial charge >= 0.3 is 0 Å². The minimum atomic E-state index is -1.47. The first kappa shape index (κ1) is 13.9. The molecule has 0 heterocycles. The third kappa shape index (κ3) is 3.94. The molecule has 0 bridgehead atoms. The van der Waals surface area contributed by atoms with E-state index in [1.807, 2.05) is 0 Å². The molecule has 0 unspecified atom stereocenters. The van der Waals surface area contributed by atoms with Crippen molar-refractivity contribution < 1.29 is 0 Å². The average molecular weight is 214 g/mol. The molecule has 0 N–H and O–H groups in total. The van der Waals surface area contributed by atoms with Gasteiger partial charge < -0.3 is 9.13 Å². The monoisotopic (exact) mass is 214 g/mol. The Bertz CT molecular complexity index is 168. The van der Waals surface area contributed by atoms with E-state index in [2.05, 4.69) is 62.6 Å². The van der Waals surface area contributed by atoms with Crippen molar-refractivity contribution in [1.82, 2.24) is 9.13 Å². The number of hydrogen-bond donors (Lipinski definition) is 0. The Morgan fingerprint density at radius 1 is 1.07 bits per heavy atom. The van der Waals surface area contributed by atoms with Gasteiger partial charge in [-0.05, 0) is 41.2 Å². The van der Waals surface area contributed by atoms with Gasteiger partial charge in [-0.25, -0.2) is 0 Å². The van der Waals surface area contributed by atoms with Crippen LogP contribution in [0.4, 0.5) is 0 Å². The highest BCUT2D eigenvalue weighted by Crippen LogP contribution is 2.11. The van der Waals surface area contributed by atoms with Crippen LogP contribution in [0.2, 0.25) is 6.55 Å². The zero-order valence-electron chi connectivity index (χ0n) is 10.7. The Labute approximate surface area is 90.8 Å². The van der Waals surface area contributed by atoms with E-state index in [-0.39, 0.29) is 0 Å². The summed E-state index contributed by atoms with van der Waals surface area (Å²) in [6.45, 7) is 4.61. The maximum atomic E-state index is 2.43. The summed E-state index contributed by atoms with van der Waals surface area (Å²) in [5, 5.41) is 0. The van der Waals surface area contributed by atoms with Crippen LogP contribution in [0.3, 0.4) is 0 Å². The van der Waals surface area contributed by atoms with Crippen molar-refractivity contribution in [2.45, 2.75) is 32.7 Å². The van der Waals surface area contributed by atoms with Crippen molar-refractivity contribution in [2.24, 2.45) is 0 Å². The number of unbranched alkanes of at least 4 members (excludes halogenated alkanes) is 2. The van der Waals surface area contributed by atoms with Crippen LogP contribution in [-0.4, -0.2) is 45.7 Å². The predicted molar refractivity (Wildman–Crippen MR) is 67.7 cm³/mol. The first-order valence-electron chi connectivity index (χ1n) is 5.47. The van der Waals surface area contributed by atoms with Crippen LogP contribution in [-0.2, 0) is 0 Å². The van der Waals surface area contributed by atoms with Crippen LogP contribution in [0.5, 0.6) is 0 Å². The summed E-state index contributed by atoms with van der Waals surface area (Å²) < 4.78 is 4.74. The van der Waals surface area contributed by atoms with Crippen molar-refractivity contribution in [3.8, 4) is 0 Å². The zero-order valence-corrected chi connectivity index (χ0v) is 11.7. The largest absolute Gasteiger partial charge is 0.314 e. The lowest BCUT2D eigenvalue weighted by Crippen LogP contribution is -2.57. The molecule has 0 atom stereocenters. The van der Waals surface area contributed by atoms with Gasteiger partial charge in [0.25, 0.3) is 0 Å². The topological polar surface area (TPSA) is 6.48 Å². The molecule has 84 valence electrons. The molecular weight excluding hydrogens is 188 g/mol. The SMILES string of the molecule is CCCCC=C[Si](C)(N(C)C)N(C)C. The van der Waals surface area contributed by atoms with Gasteiger partial charge in [0.05, 0.1) is 0 Å². The molecule has 3 heteroatoms. The number of nitrogens with zero attached hydrogens (tertiary/aromatic N) is 2. The lowest BCUT2D eigenvalue weighted by molar-refractivity contribution is 0.501. The summed E-state index contributed by atoms with van der Waals surface area (Å²) in [5.74, 6) is 0. The van der Waals surface area contributed by atoms with Gasteiger partial charge in [0.2, 0.25) is 8.40 Å². The molecule has 0 fully saturated rings. The van der Waals surface area contributed by atoms with Crippen molar-refractivity contribution in [3.05, 3.63) is 11.8 Å². The van der Waals surface area contributed by atoms with E-state index in [0.717, 1.165) is 0 Å². The third-order valence-electron chi connectivity index (χ3n) is 2.97. The Hall–Kier alpha value is -0.123. The van der Waals surface area contributed by atoms with E-state index in [1.165, 1.54) is 19.3 Å². The summed E-state index contributed by atoms with van der Waals surface area (Å²) in [4.78, 5) is 0. The molecule has 0 aromatic rings. The summed E-state index contributed by atoms with van der Waals surface area (Å²) >= 11 is 0. The van der Waals surface area contributed by atoms with Crippen LogP contribution < -0.4 is 0 Å². The molecule has 0 aromatic heterocycles. The van der Waals surface area contributed by atoms with E-state index in [1.54, 1.807) is 0 Å². The second-order valence-electron chi connectivity index (χ2n) is 4.43. The first-order valence-corrected chi connectivity index (χ1v) is 7.95. The zero-order chi connectivity index (χ0) is 11.2. The van der Waals surface area contributed by atoms with E-state index in [0.29, 0.717) is 0 Å². The van der Waals surface area contributed by atoms with Gasteiger partial charge in [0.1, 0.15) is 0 Å². The van der Waals surface area contributed by atoms with Crippen LogP contribution in [0.25, 0.3) is 0 Å². The third-order valence-corrected chi connectivity index (χ3v) is 7.46. The normalized spacial score (nSPS) is 13.4. The smallest absolute Gasteiger partial charge is 0.228 e. The average Bonchev–Trinajstić information content (AvgIpc) is 2.11. The van der Waals surface area contributed by atoms with Gasteiger partial charge in [0.15, 0.2) is 0 Å². The lowest BCUT2D eigenvalue weighted by Gasteiger charge is -2.37. The highest BCUT2D eigenvalue weighted by molar-refractivity contribution is 6.77. The summed E-state index contributed by atoms with van der Waals surface area (Å²) in [6, 6.07) is 0. The highest BCUT2D eigenvalue weighted by Gasteiger charge is 2.29. The van der Waals surface area contributed by atoms with Gasteiger partial charge in [-0.15, -0.1) is 0 Å². The minimum absolute atomic E-state index is 1.22. The van der Waals surface area contributed by atoms with Crippen LogP contribution in [0.15, 0.2) is 11.8 Å². The van der Waals surface area contributed by atoms with Crippen molar-refractivity contribution in [2.75, 3.05) is 28.2 Å². The molecule has 0 aromatic carbocycles. The molecule has 0 saturated carbocycles. The van der Waals surface area contributed by atoms with E-state index in [9.17, 15) is 0 Å². The summed E-state index contributed by atoms with van der Waals surface area (Å²) in [5.41, 5.74) is 2.43. The molecule has 0 spiro atoms. The lowest BCUT2D eigenvalue weighted by atomic mass is 10.2. The fraction of sp³-hybridized carbons (Fsp3) is 0.818. The standard InChI is InChI=1S/C11H26N2Si/c1-7-8-9-10-11-14(6,12(2)3)13(4)5/h10-11H,7-9H2,1-6H3.